The third-order valence-electron chi connectivity index (χ3n) is 5.38. The van der Waals surface area contributed by atoms with Crippen LogP contribution in [0, 0.1) is 0 Å². The Labute approximate surface area is 164 Å². The fraction of sp³-hybridized carbons (Fsp3) is 0.318. The van der Waals surface area contributed by atoms with E-state index in [1.165, 1.54) is 0 Å². The number of nitrogens with one attached hydrogen (secondary N) is 1. The lowest BCUT2D eigenvalue weighted by Crippen LogP contribution is -2.49. The summed E-state index contributed by atoms with van der Waals surface area (Å²) in [7, 11) is 3.31. The van der Waals surface area contributed by atoms with Gasteiger partial charge in [0.15, 0.2) is 0 Å². The Bertz CT molecular complexity index is 974. The maximum atomic E-state index is 12.8. The summed E-state index contributed by atoms with van der Waals surface area (Å²) >= 11 is 0. The molecule has 0 aliphatic carbocycles. The minimum Gasteiger partial charge on any atom is -0.497 e. The van der Waals surface area contributed by atoms with Crippen LogP contribution in [0.3, 0.4) is 0 Å². The van der Waals surface area contributed by atoms with Crippen molar-refractivity contribution in [2.24, 2.45) is 0 Å². The van der Waals surface area contributed by atoms with Crippen LogP contribution in [0.15, 0.2) is 48.7 Å². The molecule has 1 aliphatic heterocycles. The standard InChI is InChI=1S/C22H25N3O3/c1-27-17-7-8-20(21(14-17)28-2)24-9-11-25(12-10-24)22(26)13-16-15-23-19-6-4-3-5-18(16)19/h3-8,14-15,23H,9-13H2,1-2H3. The molecule has 6 heteroatoms. The minimum atomic E-state index is 0.172. The number of benzene rings is 2. The molecule has 28 heavy (non-hydrogen) atoms. The van der Waals surface area contributed by atoms with E-state index in [2.05, 4.69) is 16.0 Å². The molecule has 1 aromatic heterocycles. The van der Waals surface area contributed by atoms with E-state index in [0.29, 0.717) is 19.5 Å². The molecule has 3 aromatic rings. The van der Waals surface area contributed by atoms with Gasteiger partial charge in [0.05, 0.1) is 26.3 Å². The summed E-state index contributed by atoms with van der Waals surface area (Å²) < 4.78 is 10.8. The number of amides is 1. The van der Waals surface area contributed by atoms with Gasteiger partial charge in [0.25, 0.3) is 0 Å². The van der Waals surface area contributed by atoms with Crippen molar-refractivity contribution in [1.29, 1.82) is 0 Å². The van der Waals surface area contributed by atoms with Crippen molar-refractivity contribution in [2.45, 2.75) is 6.42 Å². The van der Waals surface area contributed by atoms with Crippen molar-refractivity contribution < 1.29 is 14.3 Å². The lowest BCUT2D eigenvalue weighted by atomic mass is 10.1. The molecule has 146 valence electrons. The van der Waals surface area contributed by atoms with Crippen molar-refractivity contribution in [3.05, 3.63) is 54.2 Å². The van der Waals surface area contributed by atoms with Gasteiger partial charge >= 0.3 is 0 Å². The van der Waals surface area contributed by atoms with Crippen molar-refractivity contribution >= 4 is 22.5 Å². The molecule has 1 aliphatic rings. The SMILES string of the molecule is COc1ccc(N2CCN(C(=O)Cc3c[nH]c4ccccc34)CC2)c(OC)c1. The van der Waals surface area contributed by atoms with Crippen LogP contribution >= 0.6 is 0 Å². The summed E-state index contributed by atoms with van der Waals surface area (Å²) in [5, 5.41) is 1.12. The molecule has 0 atom stereocenters. The largest absolute Gasteiger partial charge is 0.497 e. The number of hydrogen-bond donors (Lipinski definition) is 1. The molecule has 1 fully saturated rings. The smallest absolute Gasteiger partial charge is 0.227 e. The molecule has 2 heterocycles. The first-order valence-corrected chi connectivity index (χ1v) is 9.49. The number of nitrogens with zero attached hydrogens (tertiary/aromatic N) is 2. The average molecular weight is 379 g/mol. The number of carbonyl (C=O) groups excluding carboxylic acids is 1. The minimum absolute atomic E-state index is 0.172. The predicted octanol–water partition coefficient (Wildman–Crippen LogP) is 3.08. The molecular weight excluding hydrogens is 354 g/mol. The summed E-state index contributed by atoms with van der Waals surface area (Å²) in [6.07, 6.45) is 2.37. The second-order valence-corrected chi connectivity index (χ2v) is 6.94. The number of aromatic amines is 1. The van der Waals surface area contributed by atoms with Crippen LogP contribution in [0.5, 0.6) is 11.5 Å². The fourth-order valence-corrected chi connectivity index (χ4v) is 3.80. The Morgan fingerprint density at radius 3 is 2.57 bits per heavy atom. The first-order valence-electron chi connectivity index (χ1n) is 9.49. The zero-order chi connectivity index (χ0) is 19.5. The van der Waals surface area contributed by atoms with Gasteiger partial charge in [0.1, 0.15) is 11.5 Å². The van der Waals surface area contributed by atoms with Crippen LogP contribution in [-0.4, -0.2) is 56.2 Å². The number of fused-ring (bicyclic) bond motifs is 1. The Morgan fingerprint density at radius 1 is 1.04 bits per heavy atom. The maximum absolute atomic E-state index is 12.8. The number of rotatable bonds is 5. The third kappa shape index (κ3) is 3.50. The van der Waals surface area contributed by atoms with Gasteiger partial charge in [-0.2, -0.15) is 0 Å². The van der Waals surface area contributed by atoms with Crippen LogP contribution < -0.4 is 14.4 Å². The van der Waals surface area contributed by atoms with Crippen molar-refractivity contribution in [1.82, 2.24) is 9.88 Å². The van der Waals surface area contributed by atoms with Crippen molar-refractivity contribution in [3.63, 3.8) is 0 Å². The predicted molar refractivity (Wildman–Crippen MR) is 110 cm³/mol. The highest BCUT2D eigenvalue weighted by Crippen LogP contribution is 2.32. The normalized spacial score (nSPS) is 14.4. The van der Waals surface area contributed by atoms with Gasteiger partial charge in [-0.1, -0.05) is 18.2 Å². The van der Waals surface area contributed by atoms with Gasteiger partial charge in [-0.05, 0) is 23.8 Å². The second kappa shape index (κ2) is 7.84. The summed E-state index contributed by atoms with van der Waals surface area (Å²) in [6.45, 7) is 2.97. The summed E-state index contributed by atoms with van der Waals surface area (Å²) in [5.41, 5.74) is 3.16. The highest BCUT2D eigenvalue weighted by Gasteiger charge is 2.23. The zero-order valence-corrected chi connectivity index (χ0v) is 16.3. The van der Waals surface area contributed by atoms with E-state index in [1.807, 2.05) is 47.5 Å². The molecule has 6 nitrogen and oxygen atoms in total. The van der Waals surface area contributed by atoms with E-state index in [4.69, 9.17) is 9.47 Å². The molecule has 0 radical (unpaired) electrons. The molecule has 0 spiro atoms. The number of anilines is 1. The molecule has 4 rings (SSSR count). The Balaban J connectivity index is 1.41. The first-order chi connectivity index (χ1) is 13.7. The highest BCUT2D eigenvalue weighted by atomic mass is 16.5. The van der Waals surface area contributed by atoms with E-state index in [1.54, 1.807) is 14.2 Å². The molecule has 1 amide bonds. The highest BCUT2D eigenvalue weighted by molar-refractivity contribution is 5.89. The summed E-state index contributed by atoms with van der Waals surface area (Å²) in [5.74, 6) is 1.73. The van der Waals surface area contributed by atoms with E-state index in [9.17, 15) is 4.79 Å². The van der Waals surface area contributed by atoms with Gasteiger partial charge in [-0.15, -0.1) is 0 Å². The van der Waals surface area contributed by atoms with Gasteiger partial charge < -0.3 is 24.3 Å². The number of carbonyl (C=O) groups is 1. The third-order valence-corrected chi connectivity index (χ3v) is 5.38. The lowest BCUT2D eigenvalue weighted by molar-refractivity contribution is -0.130. The summed E-state index contributed by atoms with van der Waals surface area (Å²) in [6, 6.07) is 13.9. The molecule has 0 bridgehead atoms. The van der Waals surface area contributed by atoms with Crippen LogP contribution in [-0.2, 0) is 11.2 Å². The Kier molecular flexibility index (Phi) is 5.10. The number of ether oxygens (including phenoxy) is 2. The monoisotopic (exact) mass is 379 g/mol. The molecule has 1 N–H and O–H groups in total. The first kappa shape index (κ1) is 18.2. The number of aromatic nitrogens is 1. The number of H-pyrrole nitrogens is 1. The Morgan fingerprint density at radius 2 is 1.82 bits per heavy atom. The van der Waals surface area contributed by atoms with Gasteiger partial charge in [0.2, 0.25) is 5.91 Å². The van der Waals surface area contributed by atoms with Crippen molar-refractivity contribution in [2.75, 3.05) is 45.3 Å². The quantitative estimate of drug-likeness (QED) is 0.740. The van der Waals surface area contributed by atoms with E-state index < -0.39 is 0 Å². The van der Waals surface area contributed by atoms with E-state index in [-0.39, 0.29) is 5.91 Å². The summed E-state index contributed by atoms with van der Waals surface area (Å²) in [4.78, 5) is 20.3. The number of methoxy groups -OCH3 is 2. The zero-order valence-electron chi connectivity index (χ0n) is 16.3. The average Bonchev–Trinajstić information content (AvgIpc) is 3.16. The molecule has 0 unspecified atom stereocenters. The number of hydrogen-bond acceptors (Lipinski definition) is 4. The van der Waals surface area contributed by atoms with E-state index in [0.717, 1.165) is 46.7 Å². The molecule has 2 aromatic carbocycles. The van der Waals surface area contributed by atoms with Gasteiger partial charge in [-0.3, -0.25) is 4.79 Å². The van der Waals surface area contributed by atoms with Crippen LogP contribution in [0.1, 0.15) is 5.56 Å². The lowest BCUT2D eigenvalue weighted by Gasteiger charge is -2.36. The van der Waals surface area contributed by atoms with E-state index >= 15 is 0 Å². The van der Waals surface area contributed by atoms with Crippen molar-refractivity contribution in [3.8, 4) is 11.5 Å². The van der Waals surface area contributed by atoms with Crippen LogP contribution in [0.25, 0.3) is 10.9 Å². The van der Waals surface area contributed by atoms with Crippen LogP contribution in [0.2, 0.25) is 0 Å². The maximum Gasteiger partial charge on any atom is 0.227 e. The fourth-order valence-electron chi connectivity index (χ4n) is 3.80. The topological polar surface area (TPSA) is 57.8 Å². The van der Waals surface area contributed by atoms with Gasteiger partial charge in [0, 0.05) is 49.3 Å². The number of para-hydroxylation sites is 1. The second-order valence-electron chi connectivity index (χ2n) is 6.94. The van der Waals surface area contributed by atoms with Gasteiger partial charge in [-0.25, -0.2) is 0 Å². The molecular formula is C22H25N3O3. The number of piperazine rings is 1. The molecule has 1 saturated heterocycles. The van der Waals surface area contributed by atoms with Crippen LogP contribution in [0.4, 0.5) is 5.69 Å². The molecule has 0 saturated carbocycles. The Hall–Kier alpha value is -3.15.